The van der Waals surface area contributed by atoms with Crippen LogP contribution in [0.5, 0.6) is 5.75 Å². The molecule has 94 valence electrons. The second kappa shape index (κ2) is 4.39. The molecule has 0 radical (unpaired) electrons. The van der Waals surface area contributed by atoms with Crippen LogP contribution in [0.15, 0.2) is 54.6 Å². The first-order valence-corrected chi connectivity index (χ1v) is 6.14. The third kappa shape index (κ3) is 1.95. The van der Waals surface area contributed by atoms with Crippen molar-refractivity contribution in [2.75, 3.05) is 0 Å². The van der Waals surface area contributed by atoms with Gasteiger partial charge in [-0.05, 0) is 41.0 Å². The number of fused-ring (bicyclic) bond motifs is 1. The molecule has 0 unspecified atom stereocenters. The third-order valence-corrected chi connectivity index (χ3v) is 3.38. The Balaban J connectivity index is 2.34. The van der Waals surface area contributed by atoms with E-state index < -0.39 is 5.82 Å². The predicted octanol–water partition coefficient (Wildman–Crippen LogP) is 4.66. The standard InChI is InChI=1S/C17H13FO/c1-11-6-8-15(14-5-3-2-4-13(11)14)16-9-7-12(19)10-17(16)18/h2-10,19H,1H3. The quantitative estimate of drug-likeness (QED) is 0.667. The third-order valence-electron chi connectivity index (χ3n) is 3.38. The number of aromatic hydroxyl groups is 1. The minimum absolute atomic E-state index is 0.0577. The van der Waals surface area contributed by atoms with Crippen molar-refractivity contribution < 1.29 is 9.50 Å². The Bertz CT molecular complexity index is 762. The van der Waals surface area contributed by atoms with Crippen LogP contribution in [0.2, 0.25) is 0 Å². The van der Waals surface area contributed by atoms with E-state index in [2.05, 4.69) is 0 Å². The molecule has 0 atom stereocenters. The summed E-state index contributed by atoms with van der Waals surface area (Å²) in [4.78, 5) is 0. The molecule has 1 N–H and O–H groups in total. The highest BCUT2D eigenvalue weighted by atomic mass is 19.1. The lowest BCUT2D eigenvalue weighted by Gasteiger charge is -2.10. The molecule has 3 aromatic rings. The normalized spacial score (nSPS) is 10.8. The summed E-state index contributed by atoms with van der Waals surface area (Å²) in [6, 6.07) is 16.1. The molecule has 3 aromatic carbocycles. The molecule has 19 heavy (non-hydrogen) atoms. The van der Waals surface area contributed by atoms with Crippen LogP contribution in [0, 0.1) is 12.7 Å². The predicted molar refractivity (Wildman–Crippen MR) is 75.7 cm³/mol. The SMILES string of the molecule is Cc1ccc(-c2ccc(O)cc2F)c2ccccc12. The molecule has 0 saturated carbocycles. The Kier molecular flexibility index (Phi) is 2.71. The fourth-order valence-corrected chi connectivity index (χ4v) is 2.41. The van der Waals surface area contributed by atoms with E-state index in [-0.39, 0.29) is 5.75 Å². The van der Waals surface area contributed by atoms with E-state index in [0.29, 0.717) is 5.56 Å². The second-order valence-corrected chi connectivity index (χ2v) is 4.64. The van der Waals surface area contributed by atoms with Crippen LogP contribution in [-0.2, 0) is 0 Å². The number of halogens is 1. The Hall–Kier alpha value is -2.35. The molecule has 0 aliphatic rings. The van der Waals surface area contributed by atoms with Crippen molar-refractivity contribution in [1.29, 1.82) is 0 Å². The molecular formula is C17H13FO. The van der Waals surface area contributed by atoms with Gasteiger partial charge in [0.2, 0.25) is 0 Å². The zero-order chi connectivity index (χ0) is 13.4. The summed E-state index contributed by atoms with van der Waals surface area (Å²) in [5.41, 5.74) is 2.52. The highest BCUT2D eigenvalue weighted by molar-refractivity contribution is 5.98. The first kappa shape index (κ1) is 11.7. The highest BCUT2D eigenvalue weighted by Gasteiger charge is 2.10. The van der Waals surface area contributed by atoms with Gasteiger partial charge in [-0.25, -0.2) is 4.39 Å². The lowest BCUT2D eigenvalue weighted by Crippen LogP contribution is -1.87. The minimum atomic E-state index is -0.408. The van der Waals surface area contributed by atoms with Gasteiger partial charge in [0.25, 0.3) is 0 Å². The summed E-state index contributed by atoms with van der Waals surface area (Å²) in [5.74, 6) is -0.466. The molecule has 0 aliphatic heterocycles. The fraction of sp³-hybridized carbons (Fsp3) is 0.0588. The van der Waals surface area contributed by atoms with E-state index in [4.69, 9.17) is 0 Å². The van der Waals surface area contributed by atoms with Gasteiger partial charge in [-0.1, -0.05) is 36.4 Å². The van der Waals surface area contributed by atoms with Gasteiger partial charge < -0.3 is 5.11 Å². The van der Waals surface area contributed by atoms with Crippen molar-refractivity contribution in [3.05, 3.63) is 66.0 Å². The molecule has 0 heterocycles. The van der Waals surface area contributed by atoms with Crippen LogP contribution < -0.4 is 0 Å². The van der Waals surface area contributed by atoms with Crippen LogP contribution in [-0.4, -0.2) is 5.11 Å². The summed E-state index contributed by atoms with van der Waals surface area (Å²) in [6.45, 7) is 2.04. The number of hydrogen-bond donors (Lipinski definition) is 1. The highest BCUT2D eigenvalue weighted by Crippen LogP contribution is 2.33. The van der Waals surface area contributed by atoms with E-state index >= 15 is 0 Å². The first-order valence-electron chi connectivity index (χ1n) is 6.14. The topological polar surface area (TPSA) is 20.2 Å². The van der Waals surface area contributed by atoms with Gasteiger partial charge in [-0.3, -0.25) is 0 Å². The Morgan fingerprint density at radius 2 is 1.53 bits per heavy atom. The van der Waals surface area contributed by atoms with Gasteiger partial charge in [0.1, 0.15) is 11.6 Å². The number of benzene rings is 3. The molecule has 0 saturated heterocycles. The largest absolute Gasteiger partial charge is 0.508 e. The van der Waals surface area contributed by atoms with E-state index in [1.807, 2.05) is 43.3 Å². The number of phenols is 1. The van der Waals surface area contributed by atoms with Crippen LogP contribution in [0.1, 0.15) is 5.56 Å². The summed E-state index contributed by atoms with van der Waals surface area (Å²) >= 11 is 0. The lowest BCUT2D eigenvalue weighted by molar-refractivity contribution is 0.469. The first-order chi connectivity index (χ1) is 9.16. The summed E-state index contributed by atoms with van der Waals surface area (Å²) in [7, 11) is 0. The van der Waals surface area contributed by atoms with E-state index in [0.717, 1.165) is 22.4 Å². The molecule has 0 aliphatic carbocycles. The molecule has 3 rings (SSSR count). The van der Waals surface area contributed by atoms with Crippen molar-refractivity contribution >= 4 is 10.8 Å². The van der Waals surface area contributed by atoms with Crippen LogP contribution >= 0.6 is 0 Å². The van der Waals surface area contributed by atoms with Crippen molar-refractivity contribution in [1.82, 2.24) is 0 Å². The molecule has 0 spiro atoms. The molecular weight excluding hydrogens is 239 g/mol. The Labute approximate surface area is 110 Å². The summed E-state index contributed by atoms with van der Waals surface area (Å²) in [5, 5.41) is 11.4. The van der Waals surface area contributed by atoms with Gasteiger partial charge in [0.15, 0.2) is 0 Å². The molecule has 2 heteroatoms. The van der Waals surface area contributed by atoms with Crippen molar-refractivity contribution in [3.63, 3.8) is 0 Å². The molecule has 1 nitrogen and oxygen atoms in total. The zero-order valence-corrected chi connectivity index (χ0v) is 10.5. The van der Waals surface area contributed by atoms with Gasteiger partial charge in [0, 0.05) is 11.6 Å². The van der Waals surface area contributed by atoms with Gasteiger partial charge in [-0.15, -0.1) is 0 Å². The number of aryl methyl sites for hydroxylation is 1. The maximum atomic E-state index is 14.0. The Morgan fingerprint density at radius 1 is 0.842 bits per heavy atom. The average molecular weight is 252 g/mol. The van der Waals surface area contributed by atoms with Crippen molar-refractivity contribution in [2.24, 2.45) is 0 Å². The number of phenolic OH excluding ortho intramolecular Hbond substituents is 1. The molecule has 0 amide bonds. The van der Waals surface area contributed by atoms with Crippen LogP contribution in [0.4, 0.5) is 4.39 Å². The fourth-order valence-electron chi connectivity index (χ4n) is 2.41. The molecule has 0 bridgehead atoms. The van der Waals surface area contributed by atoms with Gasteiger partial charge >= 0.3 is 0 Å². The zero-order valence-electron chi connectivity index (χ0n) is 10.5. The van der Waals surface area contributed by atoms with E-state index in [1.165, 1.54) is 11.6 Å². The number of hydrogen-bond acceptors (Lipinski definition) is 1. The van der Waals surface area contributed by atoms with Gasteiger partial charge in [-0.2, -0.15) is 0 Å². The summed E-state index contributed by atoms with van der Waals surface area (Å²) < 4.78 is 14.0. The molecule has 0 aromatic heterocycles. The lowest BCUT2D eigenvalue weighted by atomic mass is 9.95. The minimum Gasteiger partial charge on any atom is -0.508 e. The second-order valence-electron chi connectivity index (χ2n) is 4.64. The number of rotatable bonds is 1. The maximum Gasteiger partial charge on any atom is 0.134 e. The van der Waals surface area contributed by atoms with Gasteiger partial charge in [0.05, 0.1) is 0 Å². The van der Waals surface area contributed by atoms with Crippen molar-refractivity contribution in [3.8, 4) is 16.9 Å². The van der Waals surface area contributed by atoms with E-state index in [1.54, 1.807) is 6.07 Å². The average Bonchev–Trinajstić information content (AvgIpc) is 2.41. The van der Waals surface area contributed by atoms with E-state index in [9.17, 15) is 9.50 Å². The smallest absolute Gasteiger partial charge is 0.134 e. The van der Waals surface area contributed by atoms with Crippen LogP contribution in [0.25, 0.3) is 21.9 Å². The molecule has 0 fully saturated rings. The Morgan fingerprint density at radius 3 is 2.26 bits per heavy atom. The summed E-state index contributed by atoms with van der Waals surface area (Å²) in [6.07, 6.45) is 0. The maximum absolute atomic E-state index is 14.0. The van der Waals surface area contributed by atoms with Crippen LogP contribution in [0.3, 0.4) is 0 Å². The monoisotopic (exact) mass is 252 g/mol. The van der Waals surface area contributed by atoms with Crippen molar-refractivity contribution in [2.45, 2.75) is 6.92 Å².